The molecule has 4 nitrogen and oxygen atoms in total. The number of likely N-dealkylation sites (tertiary alicyclic amines) is 1. The first-order valence-corrected chi connectivity index (χ1v) is 7.31. The Morgan fingerprint density at radius 1 is 1.33 bits per heavy atom. The van der Waals surface area contributed by atoms with E-state index in [9.17, 15) is 14.3 Å². The molecule has 0 aromatic heterocycles. The van der Waals surface area contributed by atoms with Gasteiger partial charge in [-0.2, -0.15) is 0 Å². The second-order valence-electron chi connectivity index (χ2n) is 6.35. The predicted octanol–water partition coefficient (Wildman–Crippen LogP) is 1.83. The number of nitrogens with two attached hydrogens (primary N) is 1. The zero-order chi connectivity index (χ0) is 15.6. The van der Waals surface area contributed by atoms with Crippen LogP contribution in [0.1, 0.15) is 38.4 Å². The van der Waals surface area contributed by atoms with Gasteiger partial charge in [0.1, 0.15) is 5.82 Å². The minimum atomic E-state index is -0.859. The van der Waals surface area contributed by atoms with Crippen LogP contribution in [0.3, 0.4) is 0 Å². The number of amides is 1. The van der Waals surface area contributed by atoms with Crippen molar-refractivity contribution in [3.8, 4) is 0 Å². The van der Waals surface area contributed by atoms with E-state index < -0.39 is 11.6 Å². The van der Waals surface area contributed by atoms with Gasteiger partial charge in [0, 0.05) is 13.1 Å². The quantitative estimate of drug-likeness (QED) is 0.894. The van der Waals surface area contributed by atoms with Gasteiger partial charge < -0.3 is 15.7 Å². The van der Waals surface area contributed by atoms with Crippen molar-refractivity contribution >= 4 is 5.91 Å². The fourth-order valence-electron chi connectivity index (χ4n) is 2.76. The molecule has 116 valence electrons. The molecule has 1 aliphatic rings. The van der Waals surface area contributed by atoms with Gasteiger partial charge in [0.25, 0.3) is 0 Å². The lowest BCUT2D eigenvalue weighted by molar-refractivity contribution is -0.137. The number of hydrogen-bond acceptors (Lipinski definition) is 3. The van der Waals surface area contributed by atoms with Crippen LogP contribution in [0.4, 0.5) is 4.39 Å². The Morgan fingerprint density at radius 3 is 2.33 bits per heavy atom. The van der Waals surface area contributed by atoms with Gasteiger partial charge in [-0.25, -0.2) is 4.39 Å². The molecule has 21 heavy (non-hydrogen) atoms. The van der Waals surface area contributed by atoms with E-state index in [1.807, 2.05) is 0 Å². The van der Waals surface area contributed by atoms with E-state index >= 15 is 0 Å². The van der Waals surface area contributed by atoms with Crippen LogP contribution in [-0.4, -0.2) is 34.5 Å². The van der Waals surface area contributed by atoms with E-state index in [1.54, 1.807) is 30.9 Å². The molecule has 5 heteroatoms. The summed E-state index contributed by atoms with van der Waals surface area (Å²) in [7, 11) is 0. The molecule has 2 rings (SSSR count). The molecule has 0 saturated carbocycles. The highest BCUT2D eigenvalue weighted by Crippen LogP contribution is 2.31. The molecule has 1 aliphatic heterocycles. The second-order valence-corrected chi connectivity index (χ2v) is 6.35. The standard InChI is InChI=1S/C16H23FN2O2/c1-16(2,18)15(21)19-9-7-12(8-10-19)14(20)11-3-5-13(17)6-4-11/h3-6,12,14,20H,7-10,18H2,1-2H3/t14-/m1/s1. The number of carbonyl (C=O) groups excluding carboxylic acids is 1. The molecule has 0 unspecified atom stereocenters. The SMILES string of the molecule is CC(C)(N)C(=O)N1CCC([C@H](O)c2ccc(F)cc2)CC1. The summed E-state index contributed by atoms with van der Waals surface area (Å²) in [6, 6.07) is 5.93. The van der Waals surface area contributed by atoms with Crippen molar-refractivity contribution in [3.05, 3.63) is 35.6 Å². The van der Waals surface area contributed by atoms with Gasteiger partial charge in [-0.3, -0.25) is 4.79 Å². The number of benzene rings is 1. The maximum Gasteiger partial charge on any atom is 0.242 e. The number of aliphatic hydroxyl groups is 1. The summed E-state index contributed by atoms with van der Waals surface area (Å²) in [5, 5.41) is 10.4. The average Bonchev–Trinajstić information content (AvgIpc) is 2.46. The Balaban J connectivity index is 1.94. The number of nitrogens with zero attached hydrogens (tertiary/aromatic N) is 1. The first kappa shape index (κ1) is 15.9. The molecule has 3 N–H and O–H groups in total. The van der Waals surface area contributed by atoms with Crippen molar-refractivity contribution in [2.24, 2.45) is 11.7 Å². The van der Waals surface area contributed by atoms with Gasteiger partial charge >= 0.3 is 0 Å². The van der Waals surface area contributed by atoms with Crippen LogP contribution >= 0.6 is 0 Å². The van der Waals surface area contributed by atoms with Crippen molar-refractivity contribution in [1.82, 2.24) is 4.90 Å². The van der Waals surface area contributed by atoms with Crippen molar-refractivity contribution in [2.45, 2.75) is 38.3 Å². The fraction of sp³-hybridized carbons (Fsp3) is 0.562. The van der Waals surface area contributed by atoms with E-state index in [0.717, 1.165) is 18.4 Å². The Kier molecular flexibility index (Phi) is 4.64. The summed E-state index contributed by atoms with van der Waals surface area (Å²) in [5.74, 6) is -0.283. The lowest BCUT2D eigenvalue weighted by Gasteiger charge is -2.37. The molecule has 1 fully saturated rings. The summed E-state index contributed by atoms with van der Waals surface area (Å²) >= 11 is 0. The first-order chi connectivity index (χ1) is 9.79. The summed E-state index contributed by atoms with van der Waals surface area (Å²) in [4.78, 5) is 13.9. The predicted molar refractivity (Wildman–Crippen MR) is 78.9 cm³/mol. The number of hydrogen-bond donors (Lipinski definition) is 2. The van der Waals surface area contributed by atoms with Gasteiger partial charge in [0.2, 0.25) is 5.91 Å². The van der Waals surface area contributed by atoms with Crippen molar-refractivity contribution in [2.75, 3.05) is 13.1 Å². The van der Waals surface area contributed by atoms with Crippen LogP contribution in [0.15, 0.2) is 24.3 Å². The third-order valence-electron chi connectivity index (χ3n) is 4.04. The molecule has 1 atom stereocenters. The molecule has 1 saturated heterocycles. The zero-order valence-corrected chi connectivity index (χ0v) is 12.6. The van der Waals surface area contributed by atoms with E-state index in [1.165, 1.54) is 12.1 Å². The van der Waals surface area contributed by atoms with Crippen LogP contribution in [0.25, 0.3) is 0 Å². The minimum Gasteiger partial charge on any atom is -0.388 e. The van der Waals surface area contributed by atoms with E-state index in [0.29, 0.717) is 13.1 Å². The summed E-state index contributed by atoms with van der Waals surface area (Å²) < 4.78 is 12.9. The Hall–Kier alpha value is -1.46. The molecule has 1 amide bonds. The van der Waals surface area contributed by atoms with Gasteiger partial charge in [-0.05, 0) is 50.3 Å². The topological polar surface area (TPSA) is 66.6 Å². The fourth-order valence-corrected chi connectivity index (χ4v) is 2.76. The second kappa shape index (κ2) is 6.12. The molecule has 0 aliphatic carbocycles. The molecule has 1 aromatic rings. The molecule has 0 radical (unpaired) electrons. The molecule has 0 bridgehead atoms. The highest BCUT2D eigenvalue weighted by molar-refractivity contribution is 5.85. The van der Waals surface area contributed by atoms with Gasteiger partial charge in [-0.1, -0.05) is 12.1 Å². The molecule has 1 aromatic carbocycles. The van der Waals surface area contributed by atoms with Crippen LogP contribution in [0.2, 0.25) is 0 Å². The van der Waals surface area contributed by atoms with E-state index in [-0.39, 0.29) is 17.6 Å². The van der Waals surface area contributed by atoms with Crippen LogP contribution in [-0.2, 0) is 4.79 Å². The molecule has 0 spiro atoms. The van der Waals surface area contributed by atoms with Gasteiger partial charge in [0.15, 0.2) is 0 Å². The highest BCUT2D eigenvalue weighted by Gasteiger charge is 2.33. The van der Waals surface area contributed by atoms with Crippen molar-refractivity contribution in [1.29, 1.82) is 0 Å². The average molecular weight is 294 g/mol. The van der Waals surface area contributed by atoms with Gasteiger partial charge in [-0.15, -0.1) is 0 Å². The number of rotatable bonds is 3. The Labute approximate surface area is 124 Å². The summed E-state index contributed by atoms with van der Waals surface area (Å²) in [6.07, 6.45) is 0.828. The van der Waals surface area contributed by atoms with Crippen LogP contribution < -0.4 is 5.73 Å². The zero-order valence-electron chi connectivity index (χ0n) is 12.6. The number of aliphatic hydroxyl groups excluding tert-OH is 1. The number of halogens is 1. The number of carbonyl (C=O) groups is 1. The lowest BCUT2D eigenvalue weighted by Crippen LogP contribution is -2.53. The Morgan fingerprint density at radius 2 is 1.86 bits per heavy atom. The van der Waals surface area contributed by atoms with Crippen LogP contribution in [0, 0.1) is 11.7 Å². The van der Waals surface area contributed by atoms with Crippen molar-refractivity contribution in [3.63, 3.8) is 0 Å². The summed E-state index contributed by atoms with van der Waals surface area (Å²) in [6.45, 7) is 4.61. The van der Waals surface area contributed by atoms with Crippen LogP contribution in [0.5, 0.6) is 0 Å². The monoisotopic (exact) mass is 294 g/mol. The summed E-state index contributed by atoms with van der Waals surface area (Å²) in [5.41, 5.74) is 5.70. The third kappa shape index (κ3) is 3.80. The smallest absolute Gasteiger partial charge is 0.242 e. The maximum atomic E-state index is 12.9. The molecular weight excluding hydrogens is 271 g/mol. The number of piperidine rings is 1. The first-order valence-electron chi connectivity index (χ1n) is 7.31. The van der Waals surface area contributed by atoms with E-state index in [4.69, 9.17) is 5.73 Å². The van der Waals surface area contributed by atoms with Crippen molar-refractivity contribution < 1.29 is 14.3 Å². The molecular formula is C16H23FN2O2. The van der Waals surface area contributed by atoms with Gasteiger partial charge in [0.05, 0.1) is 11.6 Å². The van der Waals surface area contributed by atoms with E-state index in [2.05, 4.69) is 0 Å². The largest absolute Gasteiger partial charge is 0.388 e. The molecule has 1 heterocycles. The minimum absolute atomic E-state index is 0.0581. The normalized spacial score (nSPS) is 18.6. The highest BCUT2D eigenvalue weighted by atomic mass is 19.1. The maximum absolute atomic E-state index is 12.9. The Bertz CT molecular complexity index is 488. The lowest BCUT2D eigenvalue weighted by atomic mass is 9.87. The third-order valence-corrected chi connectivity index (χ3v) is 4.04.